The number of hydrogen-bond donors (Lipinski definition) is 2. The number of nitrogens with one attached hydrogen (secondary N) is 2. The molecular weight excluding hydrogens is 319 g/mol. The van der Waals surface area contributed by atoms with Gasteiger partial charge in [0.2, 0.25) is 10.0 Å². The van der Waals surface area contributed by atoms with Crippen LogP contribution in [0.15, 0.2) is 11.0 Å². The van der Waals surface area contributed by atoms with Gasteiger partial charge in [-0.15, -0.1) is 0 Å². The Morgan fingerprint density at radius 2 is 1.80 bits per heavy atom. The van der Waals surface area contributed by atoms with Gasteiger partial charge in [0.05, 0.1) is 5.02 Å². The first-order valence-corrected chi connectivity index (χ1v) is 8.70. The normalized spacial score (nSPS) is 11.8. The minimum atomic E-state index is -3.66. The molecule has 20 heavy (non-hydrogen) atoms. The topological polar surface area (TPSA) is 58.2 Å². The average molecular weight is 339 g/mol. The SMILES string of the molecule is CCCNCCNS(=O)(=O)c1c(C)c(Cl)cc(C)c1Cl. The van der Waals surface area contributed by atoms with Crippen LogP contribution in [0.1, 0.15) is 24.5 Å². The van der Waals surface area contributed by atoms with Gasteiger partial charge in [-0.2, -0.15) is 0 Å². The third-order valence-corrected chi connectivity index (χ3v) is 5.50. The van der Waals surface area contributed by atoms with Crippen LogP contribution in [-0.2, 0) is 10.0 Å². The maximum Gasteiger partial charge on any atom is 0.242 e. The molecule has 2 N–H and O–H groups in total. The first kappa shape index (κ1) is 17.7. The predicted molar refractivity (Wildman–Crippen MR) is 84.3 cm³/mol. The lowest BCUT2D eigenvalue weighted by Crippen LogP contribution is -2.32. The largest absolute Gasteiger partial charge is 0.315 e. The standard InChI is InChI=1S/C13H20Cl2N2O2S/c1-4-5-16-6-7-17-20(18,19)13-10(3)11(14)8-9(2)12(13)15/h8,16-17H,4-7H2,1-3H3. The number of benzene rings is 1. The van der Waals surface area contributed by atoms with E-state index in [1.165, 1.54) is 0 Å². The molecular formula is C13H20Cl2N2O2S. The summed E-state index contributed by atoms with van der Waals surface area (Å²) in [6.45, 7) is 7.17. The minimum Gasteiger partial charge on any atom is -0.315 e. The van der Waals surface area contributed by atoms with Gasteiger partial charge in [-0.1, -0.05) is 30.1 Å². The van der Waals surface area contributed by atoms with Crippen LogP contribution < -0.4 is 10.0 Å². The Kier molecular flexibility index (Phi) is 6.75. The maximum absolute atomic E-state index is 12.3. The molecule has 1 aromatic rings. The van der Waals surface area contributed by atoms with E-state index in [1.807, 2.05) is 0 Å². The maximum atomic E-state index is 12.3. The van der Waals surface area contributed by atoms with E-state index in [2.05, 4.69) is 17.0 Å². The number of hydrogen-bond acceptors (Lipinski definition) is 3. The molecule has 114 valence electrons. The van der Waals surface area contributed by atoms with Crippen molar-refractivity contribution < 1.29 is 8.42 Å². The van der Waals surface area contributed by atoms with E-state index in [1.54, 1.807) is 19.9 Å². The molecule has 0 radical (unpaired) electrons. The summed E-state index contributed by atoms with van der Waals surface area (Å²) in [4.78, 5) is 0.0691. The van der Waals surface area contributed by atoms with Crippen molar-refractivity contribution >= 4 is 33.2 Å². The summed E-state index contributed by atoms with van der Waals surface area (Å²) in [5.41, 5.74) is 1.11. The molecule has 0 heterocycles. The van der Waals surface area contributed by atoms with Crippen LogP contribution >= 0.6 is 23.2 Å². The van der Waals surface area contributed by atoms with Crippen LogP contribution in [0.2, 0.25) is 10.0 Å². The summed E-state index contributed by atoms with van der Waals surface area (Å²) >= 11 is 12.2. The van der Waals surface area contributed by atoms with E-state index in [-0.39, 0.29) is 9.92 Å². The highest BCUT2D eigenvalue weighted by atomic mass is 35.5. The van der Waals surface area contributed by atoms with Crippen molar-refractivity contribution in [2.24, 2.45) is 0 Å². The highest BCUT2D eigenvalue weighted by Gasteiger charge is 2.23. The molecule has 4 nitrogen and oxygen atoms in total. The zero-order valence-corrected chi connectivity index (χ0v) is 14.2. The molecule has 0 unspecified atom stereocenters. The van der Waals surface area contributed by atoms with Gasteiger partial charge in [-0.05, 0) is 44.0 Å². The molecule has 1 rings (SSSR count). The van der Waals surface area contributed by atoms with E-state index < -0.39 is 10.0 Å². The van der Waals surface area contributed by atoms with Crippen LogP contribution in [0.25, 0.3) is 0 Å². The lowest BCUT2D eigenvalue weighted by Gasteiger charge is -2.14. The Hall–Kier alpha value is -0.330. The molecule has 0 aliphatic carbocycles. The summed E-state index contributed by atoms with van der Waals surface area (Å²) in [6, 6.07) is 1.67. The minimum absolute atomic E-state index is 0.0691. The van der Waals surface area contributed by atoms with Crippen molar-refractivity contribution in [3.8, 4) is 0 Å². The molecule has 7 heteroatoms. The summed E-state index contributed by atoms with van der Waals surface area (Å²) in [7, 11) is -3.66. The Morgan fingerprint density at radius 1 is 1.15 bits per heavy atom. The van der Waals surface area contributed by atoms with E-state index in [0.717, 1.165) is 13.0 Å². The van der Waals surface area contributed by atoms with Gasteiger partial charge >= 0.3 is 0 Å². The van der Waals surface area contributed by atoms with Crippen LogP contribution in [0.5, 0.6) is 0 Å². The van der Waals surface area contributed by atoms with Crippen molar-refractivity contribution in [1.82, 2.24) is 10.0 Å². The van der Waals surface area contributed by atoms with Gasteiger partial charge in [-0.3, -0.25) is 0 Å². The Balaban J connectivity index is 2.93. The van der Waals surface area contributed by atoms with Gasteiger partial charge < -0.3 is 5.32 Å². The van der Waals surface area contributed by atoms with Crippen molar-refractivity contribution in [3.63, 3.8) is 0 Å². The molecule has 1 aromatic carbocycles. The fourth-order valence-electron chi connectivity index (χ4n) is 1.78. The van der Waals surface area contributed by atoms with Crippen LogP contribution in [-0.4, -0.2) is 28.1 Å². The van der Waals surface area contributed by atoms with E-state index >= 15 is 0 Å². The summed E-state index contributed by atoms with van der Waals surface area (Å²) in [5.74, 6) is 0. The second-order valence-corrected chi connectivity index (χ2v) is 7.08. The molecule has 0 saturated carbocycles. The van der Waals surface area contributed by atoms with E-state index in [9.17, 15) is 8.42 Å². The summed E-state index contributed by atoms with van der Waals surface area (Å²) < 4.78 is 27.2. The van der Waals surface area contributed by atoms with Crippen LogP contribution in [0.4, 0.5) is 0 Å². The first-order chi connectivity index (χ1) is 9.31. The quantitative estimate of drug-likeness (QED) is 0.751. The van der Waals surface area contributed by atoms with Gasteiger partial charge in [0, 0.05) is 18.1 Å². The van der Waals surface area contributed by atoms with Crippen molar-refractivity contribution in [3.05, 3.63) is 27.2 Å². The van der Waals surface area contributed by atoms with Crippen LogP contribution in [0, 0.1) is 13.8 Å². The van der Waals surface area contributed by atoms with Gasteiger partial charge in [-0.25, -0.2) is 13.1 Å². The van der Waals surface area contributed by atoms with Crippen LogP contribution in [0.3, 0.4) is 0 Å². The summed E-state index contributed by atoms with van der Waals surface area (Å²) in [5, 5.41) is 3.75. The van der Waals surface area contributed by atoms with Gasteiger partial charge in [0.25, 0.3) is 0 Å². The lowest BCUT2D eigenvalue weighted by molar-refractivity contribution is 0.575. The predicted octanol–water partition coefficient (Wildman–Crippen LogP) is 2.89. The second-order valence-electron chi connectivity index (χ2n) is 4.59. The average Bonchev–Trinajstić information content (AvgIpc) is 2.36. The number of aryl methyl sites for hydroxylation is 1. The van der Waals surface area contributed by atoms with E-state index in [4.69, 9.17) is 23.2 Å². The molecule has 0 aliphatic rings. The molecule has 0 bridgehead atoms. The monoisotopic (exact) mass is 338 g/mol. The zero-order valence-electron chi connectivity index (χ0n) is 11.9. The second kappa shape index (κ2) is 7.61. The molecule has 0 fully saturated rings. The van der Waals surface area contributed by atoms with Gasteiger partial charge in [0.15, 0.2) is 0 Å². The smallest absolute Gasteiger partial charge is 0.242 e. The Bertz CT molecular complexity index is 548. The first-order valence-electron chi connectivity index (χ1n) is 6.46. The number of rotatable bonds is 7. The highest BCUT2D eigenvalue weighted by Crippen LogP contribution is 2.33. The molecule has 0 spiro atoms. The summed E-state index contributed by atoms with van der Waals surface area (Å²) in [6.07, 6.45) is 1.01. The van der Waals surface area contributed by atoms with E-state index in [0.29, 0.717) is 29.2 Å². The molecule has 0 aromatic heterocycles. The Labute approximate surface area is 130 Å². The molecule has 0 amide bonds. The van der Waals surface area contributed by atoms with Crippen molar-refractivity contribution in [2.75, 3.05) is 19.6 Å². The third kappa shape index (κ3) is 4.33. The molecule has 0 saturated heterocycles. The molecule has 0 atom stereocenters. The van der Waals surface area contributed by atoms with Crippen molar-refractivity contribution in [1.29, 1.82) is 0 Å². The number of sulfonamides is 1. The number of halogens is 2. The zero-order chi connectivity index (χ0) is 15.3. The Morgan fingerprint density at radius 3 is 2.40 bits per heavy atom. The lowest BCUT2D eigenvalue weighted by atomic mass is 10.2. The molecule has 0 aliphatic heterocycles. The highest BCUT2D eigenvalue weighted by molar-refractivity contribution is 7.89. The fourth-order valence-corrected chi connectivity index (χ4v) is 4.02. The fraction of sp³-hybridized carbons (Fsp3) is 0.538. The van der Waals surface area contributed by atoms with Gasteiger partial charge in [0.1, 0.15) is 4.90 Å². The third-order valence-electron chi connectivity index (χ3n) is 2.88. The van der Waals surface area contributed by atoms with Crippen molar-refractivity contribution in [2.45, 2.75) is 32.1 Å².